The van der Waals surface area contributed by atoms with Gasteiger partial charge in [0.25, 0.3) is 5.91 Å². The first-order valence-corrected chi connectivity index (χ1v) is 10.1. The normalized spacial score (nSPS) is 11.0. The Hall–Kier alpha value is -4.19. The van der Waals surface area contributed by atoms with Crippen LogP contribution in [-0.4, -0.2) is 31.3 Å². The number of fused-ring (bicyclic) bond motifs is 1. The molecule has 4 rings (SSSR count). The summed E-state index contributed by atoms with van der Waals surface area (Å²) >= 11 is 0. The third-order valence-electron chi connectivity index (χ3n) is 5.11. The molecule has 0 unspecified atom stereocenters. The summed E-state index contributed by atoms with van der Waals surface area (Å²) in [5, 5.41) is 4.90. The molecule has 160 valence electrons. The van der Waals surface area contributed by atoms with E-state index in [1.54, 1.807) is 26.4 Å². The van der Waals surface area contributed by atoms with Crippen molar-refractivity contribution in [1.82, 2.24) is 10.4 Å². The second kappa shape index (κ2) is 9.31. The van der Waals surface area contributed by atoms with E-state index in [-0.39, 0.29) is 5.91 Å². The number of benzene rings is 3. The number of aromatic nitrogens is 1. The third-order valence-corrected chi connectivity index (χ3v) is 5.11. The van der Waals surface area contributed by atoms with Crippen LogP contribution in [-0.2, 0) is 0 Å². The van der Waals surface area contributed by atoms with E-state index in [1.165, 1.54) is 6.21 Å². The SMILES string of the molecule is COc1cccc(C=NNC(=O)c2cc(-c3ccc(C)cc3)nc3ccccc23)c1OC. The Labute approximate surface area is 186 Å². The van der Waals surface area contributed by atoms with Crippen LogP contribution in [0.5, 0.6) is 11.5 Å². The molecule has 0 atom stereocenters. The monoisotopic (exact) mass is 425 g/mol. The van der Waals surface area contributed by atoms with E-state index in [9.17, 15) is 4.79 Å². The van der Waals surface area contributed by atoms with E-state index < -0.39 is 0 Å². The fourth-order valence-corrected chi connectivity index (χ4v) is 3.47. The topological polar surface area (TPSA) is 72.8 Å². The molecule has 0 aliphatic heterocycles. The van der Waals surface area contributed by atoms with Crippen LogP contribution in [0.25, 0.3) is 22.2 Å². The van der Waals surface area contributed by atoms with Gasteiger partial charge in [-0.05, 0) is 31.2 Å². The highest BCUT2D eigenvalue weighted by molar-refractivity contribution is 6.07. The molecule has 4 aromatic rings. The lowest BCUT2D eigenvalue weighted by Crippen LogP contribution is -2.18. The van der Waals surface area contributed by atoms with E-state index >= 15 is 0 Å². The summed E-state index contributed by atoms with van der Waals surface area (Å²) < 4.78 is 10.7. The average Bonchev–Trinajstić information content (AvgIpc) is 2.83. The van der Waals surface area contributed by atoms with Crippen molar-refractivity contribution in [2.24, 2.45) is 5.10 Å². The highest BCUT2D eigenvalue weighted by Gasteiger charge is 2.14. The van der Waals surface area contributed by atoms with Crippen LogP contribution in [0, 0.1) is 6.92 Å². The largest absolute Gasteiger partial charge is 0.493 e. The minimum Gasteiger partial charge on any atom is -0.493 e. The Bertz CT molecular complexity index is 1300. The molecule has 0 aliphatic rings. The van der Waals surface area contributed by atoms with Crippen molar-refractivity contribution in [3.8, 4) is 22.8 Å². The summed E-state index contributed by atoms with van der Waals surface area (Å²) in [6.45, 7) is 2.03. The number of nitrogens with one attached hydrogen (secondary N) is 1. The number of hydrogen-bond acceptors (Lipinski definition) is 5. The zero-order valence-electron chi connectivity index (χ0n) is 18.1. The Morgan fingerprint density at radius 1 is 0.969 bits per heavy atom. The number of hydrogen-bond donors (Lipinski definition) is 1. The molecule has 0 radical (unpaired) electrons. The standard InChI is InChI=1S/C26H23N3O3/c1-17-11-13-18(14-12-17)23-15-21(20-8-4-5-9-22(20)28-23)26(30)29-27-16-19-7-6-10-24(31-2)25(19)32-3/h4-16H,1-3H3,(H,29,30). The molecule has 6 nitrogen and oxygen atoms in total. The second-order valence-electron chi connectivity index (χ2n) is 7.22. The molecular weight excluding hydrogens is 402 g/mol. The van der Waals surface area contributed by atoms with Crippen LogP contribution < -0.4 is 14.9 Å². The number of pyridine rings is 1. The van der Waals surface area contributed by atoms with Gasteiger partial charge in [-0.3, -0.25) is 4.79 Å². The molecule has 32 heavy (non-hydrogen) atoms. The number of carbonyl (C=O) groups excluding carboxylic acids is 1. The lowest BCUT2D eigenvalue weighted by molar-refractivity contribution is 0.0956. The lowest BCUT2D eigenvalue weighted by Gasteiger charge is -2.10. The molecule has 0 fully saturated rings. The van der Waals surface area contributed by atoms with E-state index in [4.69, 9.17) is 14.5 Å². The number of rotatable bonds is 6. The molecule has 1 amide bonds. The van der Waals surface area contributed by atoms with Gasteiger partial charge in [0.05, 0.1) is 37.2 Å². The zero-order valence-corrected chi connectivity index (χ0v) is 18.1. The molecule has 0 saturated heterocycles. The number of carbonyl (C=O) groups is 1. The number of aryl methyl sites for hydroxylation is 1. The summed E-state index contributed by atoms with van der Waals surface area (Å²) in [5.74, 6) is 0.810. The van der Waals surface area contributed by atoms with Gasteiger partial charge in [-0.1, -0.05) is 54.1 Å². The number of para-hydroxylation sites is 2. The predicted octanol–water partition coefficient (Wildman–Crippen LogP) is 4.99. The van der Waals surface area contributed by atoms with Crippen molar-refractivity contribution in [3.63, 3.8) is 0 Å². The number of methoxy groups -OCH3 is 2. The fourth-order valence-electron chi connectivity index (χ4n) is 3.47. The maximum Gasteiger partial charge on any atom is 0.272 e. The smallest absolute Gasteiger partial charge is 0.272 e. The molecule has 0 saturated carbocycles. The Kier molecular flexibility index (Phi) is 6.12. The molecule has 6 heteroatoms. The fraction of sp³-hybridized carbons (Fsp3) is 0.115. The van der Waals surface area contributed by atoms with Crippen LogP contribution >= 0.6 is 0 Å². The number of hydrazone groups is 1. The molecule has 0 bridgehead atoms. The molecule has 0 aliphatic carbocycles. The second-order valence-corrected chi connectivity index (χ2v) is 7.22. The molecule has 0 spiro atoms. The van der Waals surface area contributed by atoms with Crippen LogP contribution in [0.15, 0.2) is 77.9 Å². The molecular formula is C26H23N3O3. The van der Waals surface area contributed by atoms with Gasteiger partial charge in [0.2, 0.25) is 0 Å². The molecule has 1 N–H and O–H groups in total. The van der Waals surface area contributed by atoms with E-state index in [0.29, 0.717) is 22.6 Å². The third kappa shape index (κ3) is 4.30. The minimum atomic E-state index is -0.324. The van der Waals surface area contributed by atoms with E-state index in [0.717, 1.165) is 27.7 Å². The van der Waals surface area contributed by atoms with E-state index in [1.807, 2.05) is 67.6 Å². The number of amides is 1. The first-order valence-electron chi connectivity index (χ1n) is 10.1. The van der Waals surface area contributed by atoms with Gasteiger partial charge in [-0.15, -0.1) is 0 Å². The first-order chi connectivity index (χ1) is 15.6. The summed E-state index contributed by atoms with van der Waals surface area (Å²) in [5.41, 5.74) is 7.39. The van der Waals surface area contributed by atoms with Gasteiger partial charge >= 0.3 is 0 Å². The van der Waals surface area contributed by atoms with Crippen LogP contribution in [0.4, 0.5) is 0 Å². The number of nitrogens with zero attached hydrogens (tertiary/aromatic N) is 2. The summed E-state index contributed by atoms with van der Waals surface area (Å²) in [6.07, 6.45) is 1.53. The quantitative estimate of drug-likeness (QED) is 0.349. The average molecular weight is 425 g/mol. The van der Waals surface area contributed by atoms with Gasteiger partial charge in [0.15, 0.2) is 11.5 Å². The maximum absolute atomic E-state index is 13.1. The molecule has 1 aromatic heterocycles. The van der Waals surface area contributed by atoms with Gasteiger partial charge in [-0.25, -0.2) is 10.4 Å². The van der Waals surface area contributed by atoms with Crippen LogP contribution in [0.3, 0.4) is 0 Å². The van der Waals surface area contributed by atoms with Crippen molar-refractivity contribution in [3.05, 3.63) is 89.5 Å². The summed E-state index contributed by atoms with van der Waals surface area (Å²) in [7, 11) is 3.13. The summed E-state index contributed by atoms with van der Waals surface area (Å²) in [6, 6.07) is 22.9. The van der Waals surface area contributed by atoms with Crippen molar-refractivity contribution < 1.29 is 14.3 Å². The van der Waals surface area contributed by atoms with Gasteiger partial charge in [0, 0.05) is 16.5 Å². The molecule has 1 heterocycles. The minimum absolute atomic E-state index is 0.324. The maximum atomic E-state index is 13.1. The van der Waals surface area contributed by atoms with E-state index in [2.05, 4.69) is 10.5 Å². The Morgan fingerprint density at radius 2 is 1.75 bits per heavy atom. The zero-order chi connectivity index (χ0) is 22.5. The molecule has 3 aromatic carbocycles. The van der Waals surface area contributed by atoms with Gasteiger partial charge in [-0.2, -0.15) is 5.10 Å². The highest BCUT2D eigenvalue weighted by Crippen LogP contribution is 2.29. The van der Waals surface area contributed by atoms with Gasteiger partial charge < -0.3 is 9.47 Å². The highest BCUT2D eigenvalue weighted by atomic mass is 16.5. The van der Waals surface area contributed by atoms with Crippen molar-refractivity contribution in [1.29, 1.82) is 0 Å². The predicted molar refractivity (Wildman–Crippen MR) is 127 cm³/mol. The van der Waals surface area contributed by atoms with Crippen LogP contribution in [0.2, 0.25) is 0 Å². The summed E-state index contributed by atoms with van der Waals surface area (Å²) in [4.78, 5) is 17.8. The van der Waals surface area contributed by atoms with Crippen LogP contribution in [0.1, 0.15) is 21.5 Å². The first kappa shape index (κ1) is 21.1. The number of ether oxygens (including phenoxy) is 2. The Balaban J connectivity index is 1.66. The van der Waals surface area contributed by atoms with Crippen molar-refractivity contribution in [2.75, 3.05) is 14.2 Å². The van der Waals surface area contributed by atoms with Gasteiger partial charge in [0.1, 0.15) is 0 Å². The van der Waals surface area contributed by atoms with Crippen molar-refractivity contribution >= 4 is 23.0 Å². The van der Waals surface area contributed by atoms with Crippen molar-refractivity contribution in [2.45, 2.75) is 6.92 Å². The Morgan fingerprint density at radius 3 is 2.50 bits per heavy atom. The lowest BCUT2D eigenvalue weighted by atomic mass is 10.0.